The maximum Gasteiger partial charge on any atom is 0.269 e. The molecular weight excluding hydrogens is 320 g/mol. The van der Waals surface area contributed by atoms with Gasteiger partial charge in [0.05, 0.1) is 11.5 Å². The second kappa shape index (κ2) is 8.40. The van der Waals surface area contributed by atoms with Gasteiger partial charge in [0.25, 0.3) is 5.69 Å². The minimum absolute atomic E-state index is 0.0270. The van der Waals surface area contributed by atoms with E-state index in [-0.39, 0.29) is 11.6 Å². The van der Waals surface area contributed by atoms with Crippen molar-refractivity contribution in [2.45, 2.75) is 38.1 Å². The predicted octanol–water partition coefficient (Wildman–Crippen LogP) is 2.48. The normalized spacial score (nSPS) is 22.0. The molecule has 1 aromatic rings. The molecule has 7 heteroatoms. The van der Waals surface area contributed by atoms with Crippen LogP contribution in [-0.2, 0) is 4.79 Å². The first-order valence-electron chi connectivity index (χ1n) is 9.12. The number of benzene rings is 1. The van der Waals surface area contributed by atoms with E-state index in [1.807, 2.05) is 0 Å². The van der Waals surface area contributed by atoms with Gasteiger partial charge in [-0.05, 0) is 57.5 Å². The number of hydrogen-bond donors (Lipinski definition) is 1. The number of piperidine rings is 1. The number of carbonyl (C=O) groups is 1. The van der Waals surface area contributed by atoms with Gasteiger partial charge in [-0.25, -0.2) is 0 Å². The standard InChI is InChI=1S/C18H26N4O3/c23-18(19-15-6-8-16(9-7-15)22(24)25)14-21-12-4-5-17(21)13-20-10-2-1-3-11-20/h6-9,17H,1-5,10-14H2,(H,19,23)/t17-/m0/s1. The molecule has 2 heterocycles. The third kappa shape index (κ3) is 4.99. The summed E-state index contributed by atoms with van der Waals surface area (Å²) in [6.07, 6.45) is 6.20. The number of rotatable bonds is 6. The highest BCUT2D eigenvalue weighted by Crippen LogP contribution is 2.20. The summed E-state index contributed by atoms with van der Waals surface area (Å²) in [6.45, 7) is 4.77. The molecule has 2 fully saturated rings. The van der Waals surface area contributed by atoms with E-state index in [2.05, 4.69) is 15.1 Å². The molecule has 2 saturated heterocycles. The second-order valence-electron chi connectivity index (χ2n) is 6.98. The van der Waals surface area contributed by atoms with E-state index in [1.165, 1.54) is 44.5 Å². The van der Waals surface area contributed by atoms with Crippen molar-refractivity contribution in [3.8, 4) is 0 Å². The molecule has 1 aromatic carbocycles. The molecule has 25 heavy (non-hydrogen) atoms. The largest absolute Gasteiger partial charge is 0.325 e. The minimum Gasteiger partial charge on any atom is -0.325 e. The highest BCUT2D eigenvalue weighted by molar-refractivity contribution is 5.92. The maximum atomic E-state index is 12.3. The van der Waals surface area contributed by atoms with Gasteiger partial charge in [-0.2, -0.15) is 0 Å². The molecule has 0 aromatic heterocycles. The Labute approximate surface area is 148 Å². The average molecular weight is 346 g/mol. The third-order valence-electron chi connectivity index (χ3n) is 5.13. The summed E-state index contributed by atoms with van der Waals surface area (Å²) in [5.41, 5.74) is 0.626. The summed E-state index contributed by atoms with van der Waals surface area (Å²) < 4.78 is 0. The molecule has 1 atom stereocenters. The smallest absolute Gasteiger partial charge is 0.269 e. The lowest BCUT2D eigenvalue weighted by molar-refractivity contribution is -0.384. The number of likely N-dealkylation sites (tertiary alicyclic amines) is 2. The Morgan fingerprint density at radius 3 is 2.52 bits per heavy atom. The Kier molecular flexibility index (Phi) is 5.99. The van der Waals surface area contributed by atoms with Crippen LogP contribution in [0.15, 0.2) is 24.3 Å². The number of amides is 1. The third-order valence-corrected chi connectivity index (χ3v) is 5.13. The van der Waals surface area contributed by atoms with E-state index in [9.17, 15) is 14.9 Å². The van der Waals surface area contributed by atoms with Gasteiger partial charge in [-0.3, -0.25) is 19.8 Å². The molecule has 1 amide bonds. The minimum atomic E-state index is -0.443. The number of hydrogen-bond acceptors (Lipinski definition) is 5. The van der Waals surface area contributed by atoms with Crippen molar-refractivity contribution in [3.05, 3.63) is 34.4 Å². The first-order valence-corrected chi connectivity index (χ1v) is 9.12. The van der Waals surface area contributed by atoms with Crippen molar-refractivity contribution in [2.75, 3.05) is 38.0 Å². The molecule has 2 aliphatic heterocycles. The molecule has 1 N–H and O–H groups in total. The van der Waals surface area contributed by atoms with Crippen molar-refractivity contribution >= 4 is 17.3 Å². The molecule has 0 unspecified atom stereocenters. The lowest BCUT2D eigenvalue weighted by Gasteiger charge is -2.32. The number of nitrogens with one attached hydrogen (secondary N) is 1. The quantitative estimate of drug-likeness (QED) is 0.632. The fourth-order valence-electron chi connectivity index (χ4n) is 3.80. The fraction of sp³-hybridized carbons (Fsp3) is 0.611. The van der Waals surface area contributed by atoms with Gasteiger partial charge in [0, 0.05) is 30.4 Å². The lowest BCUT2D eigenvalue weighted by Crippen LogP contribution is -2.44. The summed E-state index contributed by atoms with van der Waals surface area (Å²) in [5, 5.41) is 13.5. The molecule has 0 bridgehead atoms. The van der Waals surface area contributed by atoms with E-state index in [1.54, 1.807) is 12.1 Å². The zero-order chi connectivity index (χ0) is 17.6. The van der Waals surface area contributed by atoms with E-state index in [0.29, 0.717) is 18.3 Å². The van der Waals surface area contributed by atoms with Gasteiger partial charge in [0.15, 0.2) is 0 Å². The fourth-order valence-corrected chi connectivity index (χ4v) is 3.80. The molecule has 0 aliphatic carbocycles. The number of non-ortho nitro benzene ring substituents is 1. The summed E-state index contributed by atoms with van der Waals surface area (Å²) in [7, 11) is 0. The summed E-state index contributed by atoms with van der Waals surface area (Å²) in [6, 6.07) is 6.42. The Hall–Kier alpha value is -1.99. The molecule has 136 valence electrons. The molecule has 0 saturated carbocycles. The van der Waals surface area contributed by atoms with Crippen LogP contribution in [0.2, 0.25) is 0 Å². The summed E-state index contributed by atoms with van der Waals surface area (Å²) in [4.78, 5) is 27.4. The summed E-state index contributed by atoms with van der Waals surface area (Å²) >= 11 is 0. The number of nitro groups is 1. The van der Waals surface area contributed by atoms with E-state index >= 15 is 0 Å². The van der Waals surface area contributed by atoms with Crippen molar-refractivity contribution in [2.24, 2.45) is 0 Å². The SMILES string of the molecule is O=C(CN1CCC[C@H]1CN1CCCCC1)Nc1ccc([N+](=O)[O-])cc1. The number of carbonyl (C=O) groups excluding carboxylic acids is 1. The van der Waals surface area contributed by atoms with Crippen LogP contribution in [0, 0.1) is 10.1 Å². The first-order chi connectivity index (χ1) is 12.1. The highest BCUT2D eigenvalue weighted by atomic mass is 16.6. The van der Waals surface area contributed by atoms with Crippen LogP contribution in [0.25, 0.3) is 0 Å². The zero-order valence-electron chi connectivity index (χ0n) is 14.5. The molecule has 0 spiro atoms. The van der Waals surface area contributed by atoms with Crippen LogP contribution in [-0.4, -0.2) is 59.4 Å². The topological polar surface area (TPSA) is 78.7 Å². The van der Waals surface area contributed by atoms with E-state index in [0.717, 1.165) is 25.9 Å². The van der Waals surface area contributed by atoms with Gasteiger partial charge < -0.3 is 10.2 Å². The molecular formula is C18H26N4O3. The Morgan fingerprint density at radius 2 is 1.84 bits per heavy atom. The van der Waals surface area contributed by atoms with Crippen LogP contribution in [0.5, 0.6) is 0 Å². The van der Waals surface area contributed by atoms with Crippen molar-refractivity contribution in [1.29, 1.82) is 0 Å². The van der Waals surface area contributed by atoms with Crippen molar-refractivity contribution < 1.29 is 9.72 Å². The van der Waals surface area contributed by atoms with Crippen LogP contribution in [0.3, 0.4) is 0 Å². The lowest BCUT2D eigenvalue weighted by atomic mass is 10.1. The number of nitrogens with zero attached hydrogens (tertiary/aromatic N) is 3. The highest BCUT2D eigenvalue weighted by Gasteiger charge is 2.28. The van der Waals surface area contributed by atoms with Crippen LogP contribution in [0.4, 0.5) is 11.4 Å². The molecule has 3 rings (SSSR count). The van der Waals surface area contributed by atoms with Crippen LogP contribution < -0.4 is 5.32 Å². The molecule has 0 radical (unpaired) electrons. The number of nitro benzene ring substituents is 1. The monoisotopic (exact) mass is 346 g/mol. The van der Waals surface area contributed by atoms with Crippen LogP contribution >= 0.6 is 0 Å². The Morgan fingerprint density at radius 1 is 1.12 bits per heavy atom. The van der Waals surface area contributed by atoms with Gasteiger partial charge in [-0.1, -0.05) is 6.42 Å². The Balaban J connectivity index is 1.49. The number of anilines is 1. The maximum absolute atomic E-state index is 12.3. The van der Waals surface area contributed by atoms with Gasteiger partial charge in [-0.15, -0.1) is 0 Å². The predicted molar refractivity (Wildman–Crippen MR) is 96.6 cm³/mol. The van der Waals surface area contributed by atoms with Crippen LogP contribution in [0.1, 0.15) is 32.1 Å². The van der Waals surface area contributed by atoms with Crippen molar-refractivity contribution in [3.63, 3.8) is 0 Å². The van der Waals surface area contributed by atoms with E-state index < -0.39 is 4.92 Å². The summed E-state index contributed by atoms with van der Waals surface area (Å²) in [5.74, 6) is -0.0561. The average Bonchev–Trinajstić information content (AvgIpc) is 3.03. The first kappa shape index (κ1) is 17.8. The molecule has 2 aliphatic rings. The van der Waals surface area contributed by atoms with Gasteiger partial charge in [0.2, 0.25) is 5.91 Å². The second-order valence-corrected chi connectivity index (χ2v) is 6.98. The van der Waals surface area contributed by atoms with Gasteiger partial charge >= 0.3 is 0 Å². The zero-order valence-corrected chi connectivity index (χ0v) is 14.5. The van der Waals surface area contributed by atoms with E-state index in [4.69, 9.17) is 0 Å². The van der Waals surface area contributed by atoms with Gasteiger partial charge in [0.1, 0.15) is 0 Å². The Bertz CT molecular complexity index is 599. The van der Waals surface area contributed by atoms with Crippen molar-refractivity contribution in [1.82, 2.24) is 9.80 Å². The molecule has 7 nitrogen and oxygen atoms in total.